The molecule has 2 rings (SSSR count). The van der Waals surface area contributed by atoms with Crippen LogP contribution in [0.5, 0.6) is 0 Å². The highest BCUT2D eigenvalue weighted by Gasteiger charge is 2.22. The number of rotatable bonds is 7. The summed E-state index contributed by atoms with van der Waals surface area (Å²) in [6.45, 7) is 10.0. The summed E-state index contributed by atoms with van der Waals surface area (Å²) in [5.41, 5.74) is 0.443. The molecular weight excluding hydrogens is 350 g/mol. The largest absolute Gasteiger partial charge is 0.465 e. The van der Waals surface area contributed by atoms with Crippen molar-refractivity contribution in [1.82, 2.24) is 10.6 Å². The van der Waals surface area contributed by atoms with Crippen molar-refractivity contribution in [2.75, 3.05) is 20.2 Å². The average molecular weight is 378 g/mol. The normalized spacial score (nSPS) is 12.1. The van der Waals surface area contributed by atoms with Crippen LogP contribution < -0.4 is 10.6 Å². The molecule has 0 radical (unpaired) electrons. The summed E-state index contributed by atoms with van der Waals surface area (Å²) in [6.07, 6.45) is 0. The maximum Gasteiger partial charge on any atom is 0.341 e. The van der Waals surface area contributed by atoms with E-state index in [9.17, 15) is 4.79 Å². The van der Waals surface area contributed by atoms with Crippen LogP contribution in [0.25, 0.3) is 0 Å². The molecule has 7 heteroatoms. The summed E-state index contributed by atoms with van der Waals surface area (Å²) in [4.78, 5) is 17.6. The van der Waals surface area contributed by atoms with E-state index in [1.54, 1.807) is 24.3 Å². The lowest BCUT2D eigenvalue weighted by molar-refractivity contribution is 0.0599. The molecule has 0 spiro atoms. The van der Waals surface area contributed by atoms with Gasteiger partial charge in [0.1, 0.15) is 23.6 Å². The van der Waals surface area contributed by atoms with Crippen LogP contribution in [-0.2, 0) is 16.7 Å². The van der Waals surface area contributed by atoms with Crippen LogP contribution in [0.1, 0.15) is 47.5 Å². The molecule has 2 aromatic heterocycles. The fourth-order valence-electron chi connectivity index (χ4n) is 2.49. The predicted octanol–water partition coefficient (Wildman–Crippen LogP) is 3.47. The summed E-state index contributed by atoms with van der Waals surface area (Å²) >= 11 is 1.76. The van der Waals surface area contributed by atoms with E-state index in [-0.39, 0.29) is 5.41 Å². The highest BCUT2D eigenvalue weighted by Crippen LogP contribution is 2.26. The van der Waals surface area contributed by atoms with Gasteiger partial charge in [-0.05, 0) is 31.4 Å². The van der Waals surface area contributed by atoms with Gasteiger partial charge in [0, 0.05) is 23.4 Å². The van der Waals surface area contributed by atoms with Gasteiger partial charge < -0.3 is 19.8 Å². The average Bonchev–Trinajstić information content (AvgIpc) is 3.27. The number of guanidine groups is 1. The molecule has 0 amide bonds. The Morgan fingerprint density at radius 2 is 2.15 bits per heavy atom. The lowest BCUT2D eigenvalue weighted by atomic mass is 9.91. The molecule has 142 valence electrons. The van der Waals surface area contributed by atoms with Crippen molar-refractivity contribution in [3.8, 4) is 0 Å². The molecule has 0 saturated carbocycles. The Morgan fingerprint density at radius 1 is 1.38 bits per heavy atom. The molecule has 26 heavy (non-hydrogen) atoms. The molecule has 0 aliphatic rings. The number of thiophene rings is 1. The van der Waals surface area contributed by atoms with Gasteiger partial charge in [-0.3, -0.25) is 0 Å². The van der Waals surface area contributed by atoms with Gasteiger partial charge >= 0.3 is 5.97 Å². The highest BCUT2D eigenvalue weighted by atomic mass is 32.1. The van der Waals surface area contributed by atoms with Gasteiger partial charge in [0.25, 0.3) is 0 Å². The quantitative estimate of drug-likeness (QED) is 0.439. The molecule has 0 unspecified atom stereocenters. The number of nitrogens with one attached hydrogen (secondary N) is 2. The van der Waals surface area contributed by atoms with E-state index in [0.717, 1.165) is 13.1 Å². The number of nitrogens with zero attached hydrogens (tertiary/aromatic N) is 1. The number of aliphatic imine (C=N–C) groups is 1. The molecule has 0 aliphatic carbocycles. The van der Waals surface area contributed by atoms with Crippen molar-refractivity contribution in [1.29, 1.82) is 0 Å². The Kier molecular flexibility index (Phi) is 6.85. The Hall–Kier alpha value is -2.28. The summed E-state index contributed by atoms with van der Waals surface area (Å²) in [5.74, 6) is 1.48. The molecule has 0 atom stereocenters. The highest BCUT2D eigenvalue weighted by molar-refractivity contribution is 7.10. The van der Waals surface area contributed by atoms with Gasteiger partial charge in [-0.1, -0.05) is 19.9 Å². The first-order valence-corrected chi connectivity index (χ1v) is 9.49. The third-order valence-electron chi connectivity index (χ3n) is 4.00. The van der Waals surface area contributed by atoms with Crippen LogP contribution >= 0.6 is 11.3 Å². The number of aryl methyl sites for hydroxylation is 1. The van der Waals surface area contributed by atoms with E-state index in [2.05, 4.69) is 47.0 Å². The molecule has 2 heterocycles. The van der Waals surface area contributed by atoms with E-state index < -0.39 is 5.97 Å². The SMILES string of the molecule is CCNC(=NCc1cc(C(=O)OC)c(C)o1)NCC(C)(C)c1cccs1. The number of esters is 1. The van der Waals surface area contributed by atoms with Crippen molar-refractivity contribution in [3.05, 3.63) is 45.5 Å². The van der Waals surface area contributed by atoms with Gasteiger partial charge in [-0.25, -0.2) is 9.79 Å². The van der Waals surface area contributed by atoms with Crippen molar-refractivity contribution in [2.45, 2.75) is 39.7 Å². The third-order valence-corrected chi connectivity index (χ3v) is 5.23. The number of furan rings is 1. The Labute approximate surface area is 158 Å². The van der Waals surface area contributed by atoms with E-state index in [4.69, 9.17) is 9.15 Å². The van der Waals surface area contributed by atoms with Crippen LogP contribution in [0.15, 0.2) is 33.0 Å². The smallest absolute Gasteiger partial charge is 0.341 e. The number of carbonyl (C=O) groups excluding carboxylic acids is 1. The van der Waals surface area contributed by atoms with Crippen LogP contribution in [0.2, 0.25) is 0 Å². The van der Waals surface area contributed by atoms with E-state index in [0.29, 0.717) is 29.6 Å². The number of hydrogen-bond donors (Lipinski definition) is 2. The first-order valence-electron chi connectivity index (χ1n) is 8.61. The molecule has 0 fully saturated rings. The number of hydrogen-bond acceptors (Lipinski definition) is 5. The minimum absolute atomic E-state index is 0.00365. The summed E-state index contributed by atoms with van der Waals surface area (Å²) in [6, 6.07) is 5.90. The monoisotopic (exact) mass is 377 g/mol. The van der Waals surface area contributed by atoms with Gasteiger partial charge in [-0.15, -0.1) is 11.3 Å². The van der Waals surface area contributed by atoms with Crippen LogP contribution in [-0.4, -0.2) is 32.1 Å². The van der Waals surface area contributed by atoms with Gasteiger partial charge in [-0.2, -0.15) is 0 Å². The zero-order valence-electron chi connectivity index (χ0n) is 16.0. The molecule has 0 aliphatic heterocycles. The predicted molar refractivity (Wildman–Crippen MR) is 105 cm³/mol. The second kappa shape index (κ2) is 8.89. The minimum Gasteiger partial charge on any atom is -0.465 e. The lowest BCUT2D eigenvalue weighted by Crippen LogP contribution is -2.43. The summed E-state index contributed by atoms with van der Waals surface area (Å²) < 4.78 is 10.4. The second-order valence-electron chi connectivity index (χ2n) is 6.58. The maximum absolute atomic E-state index is 11.7. The lowest BCUT2D eigenvalue weighted by Gasteiger charge is -2.25. The van der Waals surface area contributed by atoms with Crippen molar-refractivity contribution in [2.24, 2.45) is 4.99 Å². The van der Waals surface area contributed by atoms with Gasteiger partial charge in [0.15, 0.2) is 5.96 Å². The van der Waals surface area contributed by atoms with Crippen molar-refractivity contribution >= 4 is 23.3 Å². The molecule has 2 N–H and O–H groups in total. The molecular formula is C19H27N3O3S. The van der Waals surface area contributed by atoms with E-state index >= 15 is 0 Å². The van der Waals surface area contributed by atoms with Crippen LogP contribution in [0.3, 0.4) is 0 Å². The molecule has 0 saturated heterocycles. The molecule has 6 nitrogen and oxygen atoms in total. The Morgan fingerprint density at radius 3 is 2.77 bits per heavy atom. The van der Waals surface area contributed by atoms with Crippen LogP contribution in [0, 0.1) is 6.92 Å². The topological polar surface area (TPSA) is 75.9 Å². The standard InChI is InChI=1S/C19H27N3O3S/c1-6-20-18(22-12-19(3,4)16-8-7-9-26-16)21-11-14-10-15(13(2)25-14)17(23)24-5/h7-10H,6,11-12H2,1-5H3,(H2,20,21,22). The van der Waals surface area contributed by atoms with Crippen molar-refractivity contribution in [3.63, 3.8) is 0 Å². The zero-order chi connectivity index (χ0) is 19.2. The molecule has 2 aromatic rings. The van der Waals surface area contributed by atoms with E-state index in [1.807, 2.05) is 6.92 Å². The first kappa shape index (κ1) is 20.0. The summed E-state index contributed by atoms with van der Waals surface area (Å²) in [7, 11) is 1.36. The van der Waals surface area contributed by atoms with Gasteiger partial charge in [0.2, 0.25) is 0 Å². The number of methoxy groups -OCH3 is 1. The fourth-order valence-corrected chi connectivity index (χ4v) is 3.34. The second-order valence-corrected chi connectivity index (χ2v) is 7.53. The Bertz CT molecular complexity index is 748. The number of ether oxygens (including phenoxy) is 1. The Balaban J connectivity index is 2.04. The van der Waals surface area contributed by atoms with Gasteiger partial charge in [0.05, 0.1) is 7.11 Å². The van der Waals surface area contributed by atoms with E-state index in [1.165, 1.54) is 12.0 Å². The molecule has 0 bridgehead atoms. The first-order chi connectivity index (χ1) is 12.4. The zero-order valence-corrected chi connectivity index (χ0v) is 16.8. The number of carbonyl (C=O) groups is 1. The van der Waals surface area contributed by atoms with Crippen molar-refractivity contribution < 1.29 is 13.9 Å². The minimum atomic E-state index is -0.399. The maximum atomic E-state index is 11.7. The molecule has 0 aromatic carbocycles. The fraction of sp³-hybridized carbons (Fsp3) is 0.474. The summed E-state index contributed by atoms with van der Waals surface area (Å²) in [5, 5.41) is 8.71. The third kappa shape index (κ3) is 5.11. The van der Waals surface area contributed by atoms with Crippen LogP contribution in [0.4, 0.5) is 0 Å².